The molecule has 1 aromatic heterocycles. The highest BCUT2D eigenvalue weighted by Gasteiger charge is 2.31. The van der Waals surface area contributed by atoms with Gasteiger partial charge in [0.15, 0.2) is 5.58 Å². The third kappa shape index (κ3) is 4.31. The molecule has 6 heteroatoms. The molecule has 2 heterocycles. The first-order chi connectivity index (χ1) is 11.9. The van der Waals surface area contributed by atoms with Crippen molar-refractivity contribution >= 4 is 22.7 Å². The van der Waals surface area contributed by atoms with E-state index in [9.17, 15) is 4.79 Å². The van der Waals surface area contributed by atoms with Gasteiger partial charge in [0.2, 0.25) is 11.8 Å². The molecule has 1 fully saturated rings. The van der Waals surface area contributed by atoms with E-state index in [1.54, 1.807) is 7.11 Å². The molecule has 1 aliphatic heterocycles. The lowest BCUT2D eigenvalue weighted by Gasteiger charge is -2.36. The van der Waals surface area contributed by atoms with Crippen molar-refractivity contribution in [1.82, 2.24) is 9.88 Å². The number of hydrogen-bond acceptors (Lipinski definition) is 5. The van der Waals surface area contributed by atoms with Crippen molar-refractivity contribution in [2.45, 2.75) is 46.3 Å². The predicted octanol–water partition coefficient (Wildman–Crippen LogP) is 3.42. The van der Waals surface area contributed by atoms with Crippen LogP contribution in [0.2, 0.25) is 0 Å². The monoisotopic (exact) mass is 345 g/mol. The van der Waals surface area contributed by atoms with Crippen LogP contribution in [0.3, 0.4) is 0 Å². The van der Waals surface area contributed by atoms with E-state index < -0.39 is 0 Å². The van der Waals surface area contributed by atoms with Crippen molar-refractivity contribution in [2.75, 3.05) is 25.5 Å². The lowest BCUT2D eigenvalue weighted by molar-refractivity contribution is -0.135. The van der Waals surface area contributed by atoms with E-state index in [1.807, 2.05) is 23.1 Å². The average molecular weight is 345 g/mol. The minimum Gasteiger partial charge on any atom is -0.438 e. The molecule has 136 valence electrons. The highest BCUT2D eigenvalue weighted by molar-refractivity contribution is 5.86. The number of hydrogen-bond donors (Lipinski definition) is 1. The summed E-state index contributed by atoms with van der Waals surface area (Å²) in [6, 6.07) is 5.55. The summed E-state index contributed by atoms with van der Waals surface area (Å²) in [4.78, 5) is 19.2. The molecule has 0 bridgehead atoms. The summed E-state index contributed by atoms with van der Waals surface area (Å²) in [6.45, 7) is 8.46. The SMILES string of the molecule is COCc1nc2cc(NC3CCCN(CC(C)(C)C)C3=O)ccc2o1. The lowest BCUT2D eigenvalue weighted by Crippen LogP contribution is -2.50. The molecule has 2 aromatic rings. The summed E-state index contributed by atoms with van der Waals surface area (Å²) in [5, 5.41) is 3.38. The van der Waals surface area contributed by atoms with E-state index >= 15 is 0 Å². The Kier molecular flexibility index (Phi) is 4.99. The van der Waals surface area contributed by atoms with Gasteiger partial charge in [-0.3, -0.25) is 4.79 Å². The van der Waals surface area contributed by atoms with Crippen LogP contribution in [0.25, 0.3) is 11.1 Å². The first kappa shape index (κ1) is 17.7. The number of amides is 1. The van der Waals surface area contributed by atoms with Crippen LogP contribution in [0, 0.1) is 5.41 Å². The number of fused-ring (bicyclic) bond motifs is 1. The number of ether oxygens (including phenoxy) is 1. The number of benzene rings is 1. The van der Waals surface area contributed by atoms with Gasteiger partial charge in [-0.1, -0.05) is 20.8 Å². The number of methoxy groups -OCH3 is 1. The van der Waals surface area contributed by atoms with E-state index in [0.29, 0.717) is 12.5 Å². The average Bonchev–Trinajstić information content (AvgIpc) is 2.92. The second-order valence-electron chi connectivity index (χ2n) is 7.88. The zero-order chi connectivity index (χ0) is 18.0. The molecule has 1 atom stereocenters. The van der Waals surface area contributed by atoms with E-state index in [0.717, 1.165) is 42.7 Å². The number of rotatable bonds is 5. The molecule has 1 unspecified atom stereocenters. The first-order valence-electron chi connectivity index (χ1n) is 8.79. The van der Waals surface area contributed by atoms with Crippen molar-refractivity contribution in [2.24, 2.45) is 5.41 Å². The van der Waals surface area contributed by atoms with Gasteiger partial charge in [-0.15, -0.1) is 0 Å². The van der Waals surface area contributed by atoms with Crippen molar-refractivity contribution in [3.05, 3.63) is 24.1 Å². The Labute approximate surface area is 148 Å². The molecular formula is C19H27N3O3. The van der Waals surface area contributed by atoms with E-state index in [2.05, 4.69) is 31.1 Å². The fourth-order valence-corrected chi connectivity index (χ4v) is 3.26. The Hall–Kier alpha value is -2.08. The minimum absolute atomic E-state index is 0.106. The molecule has 6 nitrogen and oxygen atoms in total. The van der Waals surface area contributed by atoms with Crippen LogP contribution in [0.4, 0.5) is 5.69 Å². The van der Waals surface area contributed by atoms with Gasteiger partial charge in [0, 0.05) is 25.9 Å². The van der Waals surface area contributed by atoms with E-state index in [1.165, 1.54) is 0 Å². The summed E-state index contributed by atoms with van der Waals surface area (Å²) in [7, 11) is 1.61. The van der Waals surface area contributed by atoms with Gasteiger partial charge in [0.1, 0.15) is 18.2 Å². The number of carbonyl (C=O) groups excluding carboxylic acids is 1. The summed E-state index contributed by atoms with van der Waals surface area (Å²) in [5.74, 6) is 0.737. The van der Waals surface area contributed by atoms with Crippen LogP contribution in [-0.2, 0) is 16.1 Å². The van der Waals surface area contributed by atoms with Crippen molar-refractivity contribution < 1.29 is 13.9 Å². The smallest absolute Gasteiger partial charge is 0.245 e. The van der Waals surface area contributed by atoms with Crippen LogP contribution in [0.15, 0.2) is 22.6 Å². The minimum atomic E-state index is -0.182. The zero-order valence-corrected chi connectivity index (χ0v) is 15.5. The molecular weight excluding hydrogens is 318 g/mol. The first-order valence-corrected chi connectivity index (χ1v) is 8.79. The molecule has 0 aliphatic carbocycles. The van der Waals surface area contributed by atoms with Crippen LogP contribution in [0.5, 0.6) is 0 Å². The fraction of sp³-hybridized carbons (Fsp3) is 0.579. The topological polar surface area (TPSA) is 67.6 Å². The molecule has 1 aliphatic rings. The maximum absolute atomic E-state index is 12.8. The van der Waals surface area contributed by atoms with Gasteiger partial charge in [0.05, 0.1) is 0 Å². The second-order valence-corrected chi connectivity index (χ2v) is 7.88. The predicted molar refractivity (Wildman–Crippen MR) is 97.4 cm³/mol. The van der Waals surface area contributed by atoms with Crippen LogP contribution >= 0.6 is 0 Å². The van der Waals surface area contributed by atoms with Crippen molar-refractivity contribution in [3.8, 4) is 0 Å². The zero-order valence-electron chi connectivity index (χ0n) is 15.5. The Balaban J connectivity index is 1.72. The highest BCUT2D eigenvalue weighted by Crippen LogP contribution is 2.24. The van der Waals surface area contributed by atoms with Gasteiger partial charge >= 0.3 is 0 Å². The number of likely N-dealkylation sites (tertiary alicyclic amines) is 1. The summed E-state index contributed by atoms with van der Waals surface area (Å²) < 4.78 is 10.7. The number of oxazole rings is 1. The number of piperidine rings is 1. The van der Waals surface area contributed by atoms with Crippen molar-refractivity contribution in [3.63, 3.8) is 0 Å². The Morgan fingerprint density at radius 2 is 2.20 bits per heavy atom. The summed E-state index contributed by atoms with van der Waals surface area (Å²) >= 11 is 0. The third-order valence-electron chi connectivity index (χ3n) is 4.24. The molecule has 1 saturated heterocycles. The maximum atomic E-state index is 12.8. The number of carbonyl (C=O) groups is 1. The molecule has 1 N–H and O–H groups in total. The summed E-state index contributed by atoms with van der Waals surface area (Å²) in [6.07, 6.45) is 1.87. The molecule has 1 aromatic carbocycles. The van der Waals surface area contributed by atoms with Crippen LogP contribution in [0.1, 0.15) is 39.5 Å². The molecule has 0 radical (unpaired) electrons. The van der Waals surface area contributed by atoms with Crippen LogP contribution < -0.4 is 5.32 Å². The number of nitrogens with zero attached hydrogens (tertiary/aromatic N) is 2. The Morgan fingerprint density at radius 1 is 1.40 bits per heavy atom. The summed E-state index contributed by atoms with van der Waals surface area (Å²) in [5.41, 5.74) is 2.49. The number of aromatic nitrogens is 1. The third-order valence-corrected chi connectivity index (χ3v) is 4.24. The Morgan fingerprint density at radius 3 is 2.92 bits per heavy atom. The van der Waals surface area contributed by atoms with Gasteiger partial charge in [0.25, 0.3) is 0 Å². The fourth-order valence-electron chi connectivity index (χ4n) is 3.26. The quantitative estimate of drug-likeness (QED) is 0.899. The number of anilines is 1. The van der Waals surface area contributed by atoms with E-state index in [-0.39, 0.29) is 17.4 Å². The molecule has 25 heavy (non-hydrogen) atoms. The maximum Gasteiger partial charge on any atom is 0.245 e. The Bertz CT molecular complexity index is 748. The molecule has 1 amide bonds. The second kappa shape index (κ2) is 7.04. The normalized spacial score (nSPS) is 18.8. The lowest BCUT2D eigenvalue weighted by atomic mass is 9.94. The number of nitrogens with one attached hydrogen (secondary N) is 1. The van der Waals surface area contributed by atoms with E-state index in [4.69, 9.17) is 9.15 Å². The largest absolute Gasteiger partial charge is 0.438 e. The molecule has 0 spiro atoms. The molecule has 0 saturated carbocycles. The highest BCUT2D eigenvalue weighted by atomic mass is 16.5. The van der Waals surface area contributed by atoms with Crippen LogP contribution in [-0.4, -0.2) is 42.0 Å². The van der Waals surface area contributed by atoms with Gasteiger partial charge in [-0.25, -0.2) is 4.98 Å². The van der Waals surface area contributed by atoms with Gasteiger partial charge in [-0.05, 0) is 36.5 Å². The standard InChI is InChI=1S/C19H27N3O3/c1-19(2,3)12-22-9-5-6-14(18(22)23)20-13-7-8-16-15(10-13)21-17(25-16)11-24-4/h7-8,10,14,20H,5-6,9,11-12H2,1-4H3. The van der Waals surface area contributed by atoms with Gasteiger partial charge < -0.3 is 19.4 Å². The molecule has 3 rings (SSSR count). The van der Waals surface area contributed by atoms with Crippen molar-refractivity contribution in [1.29, 1.82) is 0 Å². The van der Waals surface area contributed by atoms with Gasteiger partial charge in [-0.2, -0.15) is 0 Å².